The third kappa shape index (κ3) is 5.60. The number of benzene rings is 1. The molecule has 1 aliphatic heterocycles. The molecule has 2 fully saturated rings. The first-order valence-corrected chi connectivity index (χ1v) is 13.3. The first-order valence-electron chi connectivity index (χ1n) is 12.9. The van der Waals surface area contributed by atoms with Gasteiger partial charge in [0.15, 0.2) is 5.65 Å². The maximum absolute atomic E-state index is 11.4. The van der Waals surface area contributed by atoms with Gasteiger partial charge in [-0.2, -0.15) is 4.98 Å². The van der Waals surface area contributed by atoms with E-state index in [1.54, 1.807) is 12.1 Å². The van der Waals surface area contributed by atoms with E-state index in [0.29, 0.717) is 71.5 Å². The molecule has 1 atom stereocenters. The van der Waals surface area contributed by atoms with Gasteiger partial charge in [-0.1, -0.05) is 29.8 Å². The Morgan fingerprint density at radius 1 is 1.31 bits per heavy atom. The fraction of sp³-hybridized carbons (Fsp3) is 0.393. The third-order valence-corrected chi connectivity index (χ3v) is 7.54. The number of ether oxygens (including phenoxy) is 2. The summed E-state index contributed by atoms with van der Waals surface area (Å²) in [5, 5.41) is 8.76. The first kappa shape index (κ1) is 26.7. The molecule has 1 aromatic carbocycles. The Labute approximate surface area is 231 Å². The van der Waals surface area contributed by atoms with E-state index >= 15 is 0 Å². The molecule has 1 aliphatic carbocycles. The minimum Gasteiger partial charge on any atom is -0.388 e. The highest BCUT2D eigenvalue weighted by Crippen LogP contribution is 2.36. The van der Waals surface area contributed by atoms with Gasteiger partial charge in [-0.3, -0.25) is 5.41 Å². The number of amides is 1. The van der Waals surface area contributed by atoms with Gasteiger partial charge < -0.3 is 24.7 Å². The second kappa shape index (κ2) is 11.4. The van der Waals surface area contributed by atoms with Crippen molar-refractivity contribution in [2.24, 2.45) is 17.6 Å². The largest absolute Gasteiger partial charge is 0.411 e. The van der Waals surface area contributed by atoms with Crippen molar-refractivity contribution in [3.63, 3.8) is 0 Å². The molecular formula is C28H30ClN7O3. The zero-order valence-electron chi connectivity index (χ0n) is 21.5. The number of imidazole rings is 1. The number of carbonyl (C=O) groups excluding carboxylic acids is 1. The van der Waals surface area contributed by atoms with Crippen molar-refractivity contribution >= 4 is 40.7 Å². The van der Waals surface area contributed by atoms with Gasteiger partial charge in [0.25, 0.3) is 5.90 Å². The minimum atomic E-state index is -1.12. The summed E-state index contributed by atoms with van der Waals surface area (Å²) in [6.07, 6.45) is 10.4. The van der Waals surface area contributed by atoms with Gasteiger partial charge in [0.05, 0.1) is 19.3 Å². The number of morpholine rings is 1. The second-order valence-electron chi connectivity index (χ2n) is 9.81. The predicted octanol–water partition coefficient (Wildman–Crippen LogP) is 4.40. The third-order valence-electron chi connectivity index (χ3n) is 7.30. The van der Waals surface area contributed by atoms with Gasteiger partial charge in [0.2, 0.25) is 11.8 Å². The van der Waals surface area contributed by atoms with Crippen molar-refractivity contribution in [2.75, 3.05) is 24.7 Å². The Morgan fingerprint density at radius 2 is 2.10 bits per heavy atom. The quantitative estimate of drug-likeness (QED) is 0.202. The molecule has 0 unspecified atom stereocenters. The van der Waals surface area contributed by atoms with E-state index in [4.69, 9.17) is 43.6 Å². The fourth-order valence-corrected chi connectivity index (χ4v) is 5.53. The lowest BCUT2D eigenvalue weighted by atomic mass is 9.82. The lowest BCUT2D eigenvalue weighted by Crippen LogP contribution is -2.45. The molecule has 3 N–H and O–H groups in total. The van der Waals surface area contributed by atoms with E-state index < -0.39 is 12.0 Å². The van der Waals surface area contributed by atoms with E-state index in [9.17, 15) is 4.79 Å². The van der Waals surface area contributed by atoms with Crippen LogP contribution in [-0.2, 0) is 16.0 Å². The second-order valence-corrected chi connectivity index (χ2v) is 10.2. The number of hydrogen-bond donors (Lipinski definition) is 2. The molecule has 1 amide bonds. The van der Waals surface area contributed by atoms with Crippen molar-refractivity contribution in [1.29, 1.82) is 5.41 Å². The molecule has 0 bridgehead atoms. The van der Waals surface area contributed by atoms with Crippen LogP contribution in [-0.4, -0.2) is 57.3 Å². The molecule has 1 saturated heterocycles. The number of primary amides is 1. The van der Waals surface area contributed by atoms with Crippen LogP contribution in [0.2, 0.25) is 5.02 Å². The summed E-state index contributed by atoms with van der Waals surface area (Å²) in [5.74, 6) is 3.65. The maximum Gasteiger partial charge on any atom is 0.411 e. The Morgan fingerprint density at radius 3 is 2.79 bits per heavy atom. The molecule has 2 aliphatic rings. The maximum atomic E-state index is 11.4. The molecule has 39 heavy (non-hydrogen) atoms. The van der Waals surface area contributed by atoms with Crippen molar-refractivity contribution in [2.45, 2.75) is 38.3 Å². The number of anilines is 1. The summed E-state index contributed by atoms with van der Waals surface area (Å²) in [4.78, 5) is 27.7. The van der Waals surface area contributed by atoms with Gasteiger partial charge in [0, 0.05) is 29.6 Å². The molecule has 202 valence electrons. The van der Waals surface area contributed by atoms with Crippen LogP contribution in [0.4, 0.5) is 10.7 Å². The lowest BCUT2D eigenvalue weighted by molar-refractivity contribution is 0.105. The lowest BCUT2D eigenvalue weighted by Gasteiger charge is -2.35. The number of nitrogens with one attached hydrogen (secondary N) is 1. The molecule has 0 spiro atoms. The molecule has 5 rings (SSSR count). The fourth-order valence-electron chi connectivity index (χ4n) is 5.34. The SMILES string of the molecule is C#C[C@H]1CC[C@H](Cn2c(N3CCOC[C@H]3C=C)nc3nc(C(=N)OC(N)=O)nc(-c4cccc(Cl)c4)c32)CC1. The number of hydrogen-bond acceptors (Lipinski definition) is 8. The molecular weight excluding hydrogens is 518 g/mol. The van der Waals surface area contributed by atoms with Crippen molar-refractivity contribution in [3.05, 3.63) is 47.8 Å². The summed E-state index contributed by atoms with van der Waals surface area (Å²) in [7, 11) is 0. The summed E-state index contributed by atoms with van der Waals surface area (Å²) < 4.78 is 12.7. The van der Waals surface area contributed by atoms with Crippen LogP contribution in [0, 0.1) is 29.6 Å². The van der Waals surface area contributed by atoms with Crippen molar-refractivity contribution < 1.29 is 14.3 Å². The first-order chi connectivity index (χ1) is 18.9. The highest BCUT2D eigenvalue weighted by Gasteiger charge is 2.31. The highest BCUT2D eigenvalue weighted by molar-refractivity contribution is 6.30. The van der Waals surface area contributed by atoms with E-state index in [2.05, 4.69) is 31.9 Å². The Hall–Kier alpha value is -3.94. The van der Waals surface area contributed by atoms with E-state index in [1.165, 1.54) is 0 Å². The predicted molar refractivity (Wildman–Crippen MR) is 150 cm³/mol. The molecule has 11 heteroatoms. The minimum absolute atomic E-state index is 0.0787. The average Bonchev–Trinajstić information content (AvgIpc) is 3.30. The van der Waals surface area contributed by atoms with Gasteiger partial charge in [-0.15, -0.1) is 18.9 Å². The number of nitrogens with two attached hydrogens (primary N) is 1. The summed E-state index contributed by atoms with van der Waals surface area (Å²) in [5.41, 5.74) is 7.47. The van der Waals surface area contributed by atoms with Gasteiger partial charge in [-0.25, -0.2) is 14.8 Å². The van der Waals surface area contributed by atoms with Gasteiger partial charge in [0.1, 0.15) is 11.2 Å². The smallest absolute Gasteiger partial charge is 0.388 e. The summed E-state index contributed by atoms with van der Waals surface area (Å²) in [6, 6.07) is 7.20. The Balaban J connectivity index is 1.71. The van der Waals surface area contributed by atoms with E-state index in [1.807, 2.05) is 18.2 Å². The van der Waals surface area contributed by atoms with Crippen LogP contribution in [0.25, 0.3) is 22.4 Å². The number of terminal acetylenes is 1. The van der Waals surface area contributed by atoms with Gasteiger partial charge in [-0.05, 0) is 43.7 Å². The molecule has 3 aromatic rings. The standard InChI is InChI=1S/C28H30ClN7O3/c1-3-17-8-10-18(11-9-17)15-36-23-22(19-6-5-7-20(29)14-19)32-26(24(30)39-27(31)37)33-25(23)34-28(36)35-12-13-38-16-21(35)4-2/h1,4-7,14,17-18,21,30H,2,8-13,15-16H2,(H2,31,37)/t17-,18-,21-/m1/s1. The van der Waals surface area contributed by atoms with Crippen LogP contribution in [0.15, 0.2) is 36.9 Å². The Bertz CT molecular complexity index is 1460. The number of rotatable bonds is 6. The van der Waals surface area contributed by atoms with Crippen molar-refractivity contribution in [1.82, 2.24) is 19.5 Å². The van der Waals surface area contributed by atoms with Crippen LogP contribution in [0.1, 0.15) is 31.5 Å². The molecule has 3 heterocycles. The monoisotopic (exact) mass is 547 g/mol. The van der Waals surface area contributed by atoms with E-state index in [-0.39, 0.29) is 11.9 Å². The van der Waals surface area contributed by atoms with Crippen LogP contribution in [0.5, 0.6) is 0 Å². The number of aromatic nitrogens is 4. The number of fused-ring (bicyclic) bond motifs is 1. The molecule has 10 nitrogen and oxygen atoms in total. The molecule has 1 saturated carbocycles. The number of nitrogens with zero attached hydrogens (tertiary/aromatic N) is 5. The zero-order chi connectivity index (χ0) is 27.5. The zero-order valence-corrected chi connectivity index (χ0v) is 22.2. The number of carbonyl (C=O) groups is 1. The molecule has 2 aromatic heterocycles. The summed E-state index contributed by atoms with van der Waals surface area (Å²) >= 11 is 6.36. The molecule has 0 radical (unpaired) electrons. The van der Waals surface area contributed by atoms with Gasteiger partial charge >= 0.3 is 6.09 Å². The van der Waals surface area contributed by atoms with Crippen LogP contribution >= 0.6 is 11.6 Å². The topological polar surface area (TPSA) is 132 Å². The van der Waals surface area contributed by atoms with Crippen molar-refractivity contribution in [3.8, 4) is 23.6 Å². The van der Waals surface area contributed by atoms with Crippen LogP contribution < -0.4 is 10.6 Å². The van der Waals surface area contributed by atoms with E-state index in [0.717, 1.165) is 25.7 Å². The number of halogens is 1. The Kier molecular flexibility index (Phi) is 7.82. The average molecular weight is 548 g/mol. The summed E-state index contributed by atoms with van der Waals surface area (Å²) in [6.45, 7) is 6.37. The van der Waals surface area contributed by atoms with Crippen LogP contribution in [0.3, 0.4) is 0 Å². The normalized spacial score (nSPS) is 21.3. The highest BCUT2D eigenvalue weighted by atomic mass is 35.5.